The number of rotatable bonds is 7. The maximum atomic E-state index is 5.74. The number of ether oxygens (including phenoxy) is 1. The lowest BCUT2D eigenvalue weighted by Crippen LogP contribution is -2.20. The number of hydrogen-bond acceptors (Lipinski definition) is 3. The van der Waals surface area contributed by atoms with Crippen molar-refractivity contribution < 1.29 is 4.74 Å². The largest absolute Gasteiger partial charge is 0.492 e. The fourth-order valence-electron chi connectivity index (χ4n) is 2.05. The second kappa shape index (κ2) is 6.41. The van der Waals surface area contributed by atoms with Gasteiger partial charge in [0.05, 0.1) is 12.2 Å². The summed E-state index contributed by atoms with van der Waals surface area (Å²) in [6.07, 6.45) is 4.46. The molecule has 0 radical (unpaired) electrons. The molecule has 0 aliphatic heterocycles. The van der Waals surface area contributed by atoms with Gasteiger partial charge in [-0.2, -0.15) is 5.10 Å². The fraction of sp³-hybridized carbons (Fsp3) is 0.400. The zero-order chi connectivity index (χ0) is 13.8. The summed E-state index contributed by atoms with van der Waals surface area (Å²) in [4.78, 5) is 0. The molecule has 0 saturated heterocycles. The minimum absolute atomic E-state index is 0.620. The first kappa shape index (κ1) is 13.6. The van der Waals surface area contributed by atoms with E-state index in [4.69, 9.17) is 4.74 Å². The van der Waals surface area contributed by atoms with E-state index in [1.165, 1.54) is 18.5 Å². The minimum Gasteiger partial charge on any atom is -0.492 e. The van der Waals surface area contributed by atoms with Crippen molar-refractivity contribution in [2.75, 3.05) is 6.61 Å². The third kappa shape index (κ3) is 3.84. The lowest BCUT2D eigenvalue weighted by Gasteiger charge is -2.10. The third-order valence-electron chi connectivity index (χ3n) is 3.32. The van der Waals surface area contributed by atoms with Gasteiger partial charge < -0.3 is 10.1 Å². The van der Waals surface area contributed by atoms with Crippen molar-refractivity contribution in [3.8, 4) is 5.75 Å². The Morgan fingerprint density at radius 2 is 2.25 bits per heavy atom. The lowest BCUT2D eigenvalue weighted by molar-refractivity contribution is 0.288. The Morgan fingerprint density at radius 1 is 1.35 bits per heavy atom. The molecule has 2 aromatic rings. The number of halogens is 1. The maximum Gasteiger partial charge on any atom is 0.120 e. The van der Waals surface area contributed by atoms with Gasteiger partial charge in [-0.3, -0.25) is 4.68 Å². The Labute approximate surface area is 127 Å². The summed E-state index contributed by atoms with van der Waals surface area (Å²) in [5.41, 5.74) is 1.22. The normalized spacial score (nSPS) is 14.4. The van der Waals surface area contributed by atoms with E-state index in [1.807, 2.05) is 35.1 Å². The van der Waals surface area contributed by atoms with Crippen molar-refractivity contribution in [2.45, 2.75) is 32.0 Å². The molecule has 1 fully saturated rings. The quantitative estimate of drug-likeness (QED) is 0.845. The Balaban J connectivity index is 1.49. The minimum atomic E-state index is 0.620. The number of nitrogens with one attached hydrogen (secondary N) is 1. The van der Waals surface area contributed by atoms with E-state index in [9.17, 15) is 0 Å². The van der Waals surface area contributed by atoms with Crippen LogP contribution in [0, 0.1) is 0 Å². The molecule has 0 atom stereocenters. The van der Waals surface area contributed by atoms with Crippen LogP contribution in [0.1, 0.15) is 18.5 Å². The lowest BCUT2D eigenvalue weighted by atomic mass is 10.3. The van der Waals surface area contributed by atoms with Crippen LogP contribution in [0.5, 0.6) is 5.75 Å². The van der Waals surface area contributed by atoms with Crippen LogP contribution in [0.15, 0.2) is 41.0 Å². The van der Waals surface area contributed by atoms with Gasteiger partial charge in [-0.05, 0) is 37.1 Å². The molecule has 0 amide bonds. The molecule has 5 heteroatoms. The molecule has 106 valence electrons. The molecule has 0 bridgehead atoms. The van der Waals surface area contributed by atoms with Crippen molar-refractivity contribution in [3.63, 3.8) is 0 Å². The van der Waals surface area contributed by atoms with Crippen LogP contribution < -0.4 is 10.1 Å². The van der Waals surface area contributed by atoms with E-state index in [0.717, 1.165) is 29.4 Å². The topological polar surface area (TPSA) is 39.1 Å². The Bertz CT molecular complexity index is 566. The standard InChI is InChI=1S/C15H18BrN3O/c16-12-2-1-3-15(10-12)20-9-8-19-14(6-7-18-19)11-17-13-4-5-13/h1-3,6-7,10,13,17H,4-5,8-9,11H2. The summed E-state index contributed by atoms with van der Waals surface area (Å²) in [5, 5.41) is 7.86. The van der Waals surface area contributed by atoms with Gasteiger partial charge in [0.15, 0.2) is 0 Å². The molecule has 20 heavy (non-hydrogen) atoms. The van der Waals surface area contributed by atoms with E-state index in [0.29, 0.717) is 6.61 Å². The van der Waals surface area contributed by atoms with Gasteiger partial charge in [-0.25, -0.2) is 0 Å². The van der Waals surface area contributed by atoms with Crippen LogP contribution in [0.4, 0.5) is 0 Å². The van der Waals surface area contributed by atoms with Crippen molar-refractivity contribution in [2.24, 2.45) is 0 Å². The predicted molar refractivity (Wildman–Crippen MR) is 81.7 cm³/mol. The van der Waals surface area contributed by atoms with Crippen LogP contribution in [0.2, 0.25) is 0 Å². The molecule has 1 aromatic heterocycles. The first-order chi connectivity index (χ1) is 9.81. The van der Waals surface area contributed by atoms with E-state index in [2.05, 4.69) is 32.4 Å². The second-order valence-electron chi connectivity index (χ2n) is 5.01. The molecule has 1 aromatic carbocycles. The summed E-state index contributed by atoms with van der Waals surface area (Å²) in [5.74, 6) is 0.879. The van der Waals surface area contributed by atoms with Gasteiger partial charge in [0.2, 0.25) is 0 Å². The number of nitrogens with zero attached hydrogens (tertiary/aromatic N) is 2. The first-order valence-corrected chi connectivity index (χ1v) is 7.73. The van der Waals surface area contributed by atoms with Crippen molar-refractivity contribution in [1.82, 2.24) is 15.1 Å². The third-order valence-corrected chi connectivity index (χ3v) is 3.81. The van der Waals surface area contributed by atoms with Crippen molar-refractivity contribution in [1.29, 1.82) is 0 Å². The SMILES string of the molecule is Brc1cccc(OCCn2nccc2CNC2CC2)c1. The molecule has 3 rings (SSSR count). The molecule has 4 nitrogen and oxygen atoms in total. The molecule has 1 aliphatic carbocycles. The Kier molecular flexibility index (Phi) is 4.38. The summed E-state index contributed by atoms with van der Waals surface area (Å²) >= 11 is 3.44. The van der Waals surface area contributed by atoms with Crippen LogP contribution in [0.3, 0.4) is 0 Å². The monoisotopic (exact) mass is 335 g/mol. The Morgan fingerprint density at radius 3 is 3.05 bits per heavy atom. The highest BCUT2D eigenvalue weighted by atomic mass is 79.9. The number of aromatic nitrogens is 2. The molecule has 1 aliphatic rings. The zero-order valence-corrected chi connectivity index (χ0v) is 12.8. The predicted octanol–water partition coefficient (Wildman–Crippen LogP) is 2.98. The van der Waals surface area contributed by atoms with Crippen LogP contribution in [-0.2, 0) is 13.1 Å². The summed E-state index contributed by atoms with van der Waals surface area (Å²) in [6.45, 7) is 2.28. The average molecular weight is 336 g/mol. The Hall–Kier alpha value is -1.33. The van der Waals surface area contributed by atoms with Crippen molar-refractivity contribution >= 4 is 15.9 Å². The highest BCUT2D eigenvalue weighted by molar-refractivity contribution is 9.10. The van der Waals surface area contributed by atoms with E-state index >= 15 is 0 Å². The van der Waals surface area contributed by atoms with E-state index in [-0.39, 0.29) is 0 Å². The number of hydrogen-bond donors (Lipinski definition) is 1. The molecule has 1 heterocycles. The van der Waals surface area contributed by atoms with Gasteiger partial charge in [-0.15, -0.1) is 0 Å². The van der Waals surface area contributed by atoms with Crippen LogP contribution >= 0.6 is 15.9 Å². The van der Waals surface area contributed by atoms with Gasteiger partial charge in [0.25, 0.3) is 0 Å². The van der Waals surface area contributed by atoms with Gasteiger partial charge >= 0.3 is 0 Å². The van der Waals surface area contributed by atoms with E-state index < -0.39 is 0 Å². The van der Waals surface area contributed by atoms with E-state index in [1.54, 1.807) is 0 Å². The van der Waals surface area contributed by atoms with Crippen molar-refractivity contribution in [3.05, 3.63) is 46.7 Å². The van der Waals surface area contributed by atoms with Gasteiger partial charge in [0.1, 0.15) is 12.4 Å². The highest BCUT2D eigenvalue weighted by Gasteiger charge is 2.20. The molecular formula is C15H18BrN3O. The van der Waals surface area contributed by atoms with Crippen LogP contribution in [-0.4, -0.2) is 22.4 Å². The van der Waals surface area contributed by atoms with Crippen LogP contribution in [0.25, 0.3) is 0 Å². The number of benzene rings is 1. The summed E-state index contributed by atoms with van der Waals surface area (Å²) < 4.78 is 8.78. The molecule has 0 unspecified atom stereocenters. The molecule has 1 N–H and O–H groups in total. The fourth-order valence-corrected chi connectivity index (χ4v) is 2.43. The summed E-state index contributed by atoms with van der Waals surface area (Å²) in [6, 6.07) is 10.7. The molecular weight excluding hydrogens is 318 g/mol. The smallest absolute Gasteiger partial charge is 0.120 e. The maximum absolute atomic E-state index is 5.74. The highest BCUT2D eigenvalue weighted by Crippen LogP contribution is 2.19. The zero-order valence-electron chi connectivity index (χ0n) is 11.3. The molecule has 0 spiro atoms. The summed E-state index contributed by atoms with van der Waals surface area (Å²) in [7, 11) is 0. The van der Waals surface area contributed by atoms with Gasteiger partial charge in [0, 0.05) is 23.3 Å². The second-order valence-corrected chi connectivity index (χ2v) is 5.92. The average Bonchev–Trinajstić information content (AvgIpc) is 3.16. The first-order valence-electron chi connectivity index (χ1n) is 6.94. The van der Waals surface area contributed by atoms with Gasteiger partial charge in [-0.1, -0.05) is 22.0 Å². The molecule has 1 saturated carbocycles.